The first-order valence-corrected chi connectivity index (χ1v) is 6.25. The van der Waals surface area contributed by atoms with Gasteiger partial charge in [-0.1, -0.05) is 12.1 Å². The molecule has 0 saturated heterocycles. The molecule has 0 heterocycles. The molecule has 0 spiro atoms. The van der Waals surface area contributed by atoms with E-state index in [0.717, 1.165) is 18.4 Å². The number of carbonyl (C=O) groups excluding carboxylic acids is 1. The SMILES string of the molecule is N#CCOc1ccc(/C=C(\C#N)C(=O)NC2CC2)cc1. The van der Waals surface area contributed by atoms with Crippen molar-refractivity contribution < 1.29 is 9.53 Å². The average molecular weight is 267 g/mol. The molecular formula is C15H13N3O2. The first-order chi connectivity index (χ1) is 9.72. The highest BCUT2D eigenvalue weighted by Crippen LogP contribution is 2.20. The number of amides is 1. The Hall–Kier alpha value is -2.79. The van der Waals surface area contributed by atoms with Gasteiger partial charge in [-0.3, -0.25) is 4.79 Å². The van der Waals surface area contributed by atoms with E-state index in [4.69, 9.17) is 15.3 Å². The summed E-state index contributed by atoms with van der Waals surface area (Å²) in [7, 11) is 0. The highest BCUT2D eigenvalue weighted by Gasteiger charge is 2.24. The van der Waals surface area contributed by atoms with Gasteiger partial charge in [0.05, 0.1) is 0 Å². The quantitative estimate of drug-likeness (QED) is 0.650. The predicted octanol–water partition coefficient (Wildman–Crippen LogP) is 1.77. The van der Waals surface area contributed by atoms with Gasteiger partial charge < -0.3 is 10.1 Å². The van der Waals surface area contributed by atoms with Crippen molar-refractivity contribution in [2.45, 2.75) is 18.9 Å². The second-order valence-corrected chi connectivity index (χ2v) is 4.43. The van der Waals surface area contributed by atoms with Crippen LogP contribution in [0.5, 0.6) is 5.75 Å². The predicted molar refractivity (Wildman–Crippen MR) is 72.3 cm³/mol. The summed E-state index contributed by atoms with van der Waals surface area (Å²) in [5, 5.41) is 20.2. The maximum atomic E-state index is 11.8. The van der Waals surface area contributed by atoms with Crippen molar-refractivity contribution in [3.63, 3.8) is 0 Å². The summed E-state index contributed by atoms with van der Waals surface area (Å²) in [6.45, 7) is -0.0115. The first-order valence-electron chi connectivity index (χ1n) is 6.25. The smallest absolute Gasteiger partial charge is 0.262 e. The molecule has 0 aliphatic heterocycles. The van der Waals surface area contributed by atoms with Gasteiger partial charge >= 0.3 is 0 Å². The molecule has 1 amide bonds. The Labute approximate surface area is 117 Å². The minimum atomic E-state index is -0.334. The molecule has 0 radical (unpaired) electrons. The van der Waals surface area contributed by atoms with Gasteiger partial charge in [-0.2, -0.15) is 10.5 Å². The maximum absolute atomic E-state index is 11.8. The minimum Gasteiger partial charge on any atom is -0.479 e. The summed E-state index contributed by atoms with van der Waals surface area (Å²) in [5.41, 5.74) is 0.819. The van der Waals surface area contributed by atoms with Gasteiger partial charge in [-0.15, -0.1) is 0 Å². The number of nitriles is 2. The Balaban J connectivity index is 2.05. The van der Waals surface area contributed by atoms with E-state index in [9.17, 15) is 4.79 Å². The second-order valence-electron chi connectivity index (χ2n) is 4.43. The van der Waals surface area contributed by atoms with Gasteiger partial charge in [-0.25, -0.2) is 0 Å². The van der Waals surface area contributed by atoms with E-state index < -0.39 is 0 Å². The molecule has 100 valence electrons. The summed E-state index contributed by atoms with van der Waals surface area (Å²) in [6.07, 6.45) is 3.50. The number of ether oxygens (including phenoxy) is 1. The van der Waals surface area contributed by atoms with Gasteiger partial charge in [0, 0.05) is 6.04 Å². The third kappa shape index (κ3) is 3.86. The molecule has 1 saturated carbocycles. The van der Waals surface area contributed by atoms with Crippen LogP contribution in [0.4, 0.5) is 0 Å². The standard InChI is InChI=1S/C15H13N3O2/c16-7-8-20-14-5-1-11(2-6-14)9-12(10-17)15(19)18-13-3-4-13/h1-2,5-6,9,13H,3-4,8H2,(H,18,19)/b12-9+. The Morgan fingerprint density at radius 1 is 1.35 bits per heavy atom. The molecule has 5 nitrogen and oxygen atoms in total. The Morgan fingerprint density at radius 2 is 2.05 bits per heavy atom. The molecule has 0 aromatic heterocycles. The van der Waals surface area contributed by atoms with E-state index in [0.29, 0.717) is 5.75 Å². The van der Waals surface area contributed by atoms with Crippen LogP contribution in [-0.2, 0) is 4.79 Å². The summed E-state index contributed by atoms with van der Waals surface area (Å²) in [4.78, 5) is 11.8. The van der Waals surface area contributed by atoms with Gasteiger partial charge in [0.15, 0.2) is 6.61 Å². The molecule has 0 atom stereocenters. The van der Waals surface area contributed by atoms with Crippen molar-refractivity contribution >= 4 is 12.0 Å². The third-order valence-corrected chi connectivity index (χ3v) is 2.77. The van der Waals surface area contributed by atoms with E-state index >= 15 is 0 Å². The Morgan fingerprint density at radius 3 is 2.60 bits per heavy atom. The first kappa shape index (κ1) is 13.6. The van der Waals surface area contributed by atoms with Crippen LogP contribution in [0.1, 0.15) is 18.4 Å². The van der Waals surface area contributed by atoms with E-state index in [2.05, 4.69) is 5.32 Å². The molecule has 2 rings (SSSR count). The average Bonchev–Trinajstić information content (AvgIpc) is 3.27. The van der Waals surface area contributed by atoms with Gasteiger partial charge in [0.1, 0.15) is 23.5 Å². The number of benzene rings is 1. The monoisotopic (exact) mass is 267 g/mol. The summed E-state index contributed by atoms with van der Waals surface area (Å²) < 4.78 is 5.12. The molecular weight excluding hydrogens is 254 g/mol. The fraction of sp³-hybridized carbons (Fsp3) is 0.267. The van der Waals surface area contributed by atoms with E-state index in [1.165, 1.54) is 6.08 Å². The molecule has 1 fully saturated rings. The number of nitrogens with one attached hydrogen (secondary N) is 1. The van der Waals surface area contributed by atoms with Gasteiger partial charge in [0.2, 0.25) is 0 Å². The van der Waals surface area contributed by atoms with Crippen LogP contribution in [0.25, 0.3) is 6.08 Å². The fourth-order valence-electron chi connectivity index (χ4n) is 1.58. The van der Waals surface area contributed by atoms with E-state index in [-0.39, 0.29) is 24.1 Å². The van der Waals surface area contributed by atoms with E-state index in [1.807, 2.05) is 12.1 Å². The highest BCUT2D eigenvalue weighted by atomic mass is 16.5. The van der Waals surface area contributed by atoms with Gasteiger partial charge in [-0.05, 0) is 36.6 Å². The van der Waals surface area contributed by atoms with E-state index in [1.54, 1.807) is 24.3 Å². The molecule has 1 aliphatic rings. The summed E-state index contributed by atoms with van der Waals surface area (Å²) in [5.74, 6) is 0.240. The van der Waals surface area contributed by atoms with Crippen LogP contribution in [0.2, 0.25) is 0 Å². The zero-order valence-corrected chi connectivity index (χ0v) is 10.8. The van der Waals surface area contributed by atoms with Crippen molar-refractivity contribution in [1.29, 1.82) is 10.5 Å². The summed E-state index contributed by atoms with van der Waals surface area (Å²) >= 11 is 0. The fourth-order valence-corrected chi connectivity index (χ4v) is 1.58. The molecule has 0 unspecified atom stereocenters. The number of rotatable bonds is 5. The van der Waals surface area contributed by atoms with Crippen LogP contribution in [0.3, 0.4) is 0 Å². The molecule has 1 aromatic carbocycles. The van der Waals surface area contributed by atoms with Crippen molar-refractivity contribution in [2.24, 2.45) is 0 Å². The molecule has 1 N–H and O–H groups in total. The lowest BCUT2D eigenvalue weighted by molar-refractivity contribution is -0.117. The Bertz CT molecular complexity index is 601. The van der Waals surface area contributed by atoms with Crippen molar-refractivity contribution in [3.05, 3.63) is 35.4 Å². The van der Waals surface area contributed by atoms with Crippen molar-refractivity contribution in [2.75, 3.05) is 6.61 Å². The lowest BCUT2D eigenvalue weighted by atomic mass is 10.1. The number of carbonyl (C=O) groups is 1. The summed E-state index contributed by atoms with van der Waals surface area (Å²) in [6, 6.07) is 10.9. The zero-order valence-electron chi connectivity index (χ0n) is 10.8. The van der Waals surface area contributed by atoms with Crippen molar-refractivity contribution in [3.8, 4) is 17.9 Å². The lowest BCUT2D eigenvalue weighted by Gasteiger charge is -2.03. The Kier molecular flexibility index (Phi) is 4.36. The van der Waals surface area contributed by atoms with Crippen LogP contribution in [-0.4, -0.2) is 18.6 Å². The molecule has 1 aliphatic carbocycles. The largest absolute Gasteiger partial charge is 0.479 e. The lowest BCUT2D eigenvalue weighted by Crippen LogP contribution is -2.26. The second kappa shape index (κ2) is 6.40. The highest BCUT2D eigenvalue weighted by molar-refractivity contribution is 6.01. The molecule has 20 heavy (non-hydrogen) atoms. The van der Waals surface area contributed by atoms with Crippen LogP contribution < -0.4 is 10.1 Å². The minimum absolute atomic E-state index is 0.0115. The zero-order chi connectivity index (χ0) is 14.4. The number of hydrogen-bond donors (Lipinski definition) is 1. The van der Waals surface area contributed by atoms with Crippen LogP contribution in [0.15, 0.2) is 29.8 Å². The molecule has 1 aromatic rings. The van der Waals surface area contributed by atoms with Crippen LogP contribution in [0, 0.1) is 22.7 Å². The third-order valence-electron chi connectivity index (χ3n) is 2.77. The normalized spacial score (nSPS) is 14.0. The number of hydrogen-bond acceptors (Lipinski definition) is 4. The molecule has 0 bridgehead atoms. The topological polar surface area (TPSA) is 85.9 Å². The van der Waals surface area contributed by atoms with Crippen molar-refractivity contribution in [1.82, 2.24) is 5.32 Å². The molecule has 5 heteroatoms. The number of nitrogens with zero attached hydrogens (tertiary/aromatic N) is 2. The maximum Gasteiger partial charge on any atom is 0.262 e. The van der Waals surface area contributed by atoms with Gasteiger partial charge in [0.25, 0.3) is 5.91 Å². The van der Waals surface area contributed by atoms with Crippen LogP contribution >= 0.6 is 0 Å².